The maximum absolute atomic E-state index is 12.5. The van der Waals surface area contributed by atoms with Crippen LogP contribution in [0.5, 0.6) is 0 Å². The van der Waals surface area contributed by atoms with Gasteiger partial charge in [-0.05, 0) is 69.9 Å². The minimum Gasteiger partial charge on any atom is -0.353 e. The average molecular weight is 490 g/mol. The highest BCUT2D eigenvalue weighted by Crippen LogP contribution is 2.40. The predicted molar refractivity (Wildman–Crippen MR) is 133 cm³/mol. The van der Waals surface area contributed by atoms with E-state index in [9.17, 15) is 4.79 Å². The monoisotopic (exact) mass is 488 g/mol. The molecule has 0 radical (unpaired) electrons. The summed E-state index contributed by atoms with van der Waals surface area (Å²) in [7, 11) is 0. The van der Waals surface area contributed by atoms with Gasteiger partial charge < -0.3 is 9.80 Å². The molecule has 0 N–H and O–H groups in total. The van der Waals surface area contributed by atoms with Gasteiger partial charge in [-0.15, -0.1) is 24.2 Å². The van der Waals surface area contributed by atoms with Gasteiger partial charge >= 0.3 is 0 Å². The summed E-state index contributed by atoms with van der Waals surface area (Å²) in [5.74, 6) is 1.39. The van der Waals surface area contributed by atoms with Crippen molar-refractivity contribution in [1.82, 2.24) is 14.2 Å². The molecular formula is C21H30Cl2N4OS2. The molecule has 0 saturated carbocycles. The molecule has 1 aromatic heterocycles. The number of carbonyl (C=O) groups excluding carboxylic acids is 1. The molecular weight excluding hydrogens is 459 g/mol. The molecule has 2 fully saturated rings. The maximum atomic E-state index is 12.5. The number of anilines is 1. The predicted octanol–water partition coefficient (Wildman–Crippen LogP) is 4.97. The fraction of sp³-hybridized carbons (Fsp3) is 0.619. The van der Waals surface area contributed by atoms with Gasteiger partial charge in [-0.2, -0.15) is 4.37 Å². The van der Waals surface area contributed by atoms with Gasteiger partial charge in [0.1, 0.15) is 5.82 Å². The first kappa shape index (κ1) is 23.9. The Morgan fingerprint density at radius 3 is 2.53 bits per heavy atom. The number of benzene rings is 1. The number of hydrogen-bond donors (Lipinski definition) is 0. The SMILES string of the molecule is CC1SC(C)(C)C(=O)N1CCCCN1CCN(c2nsc3cc(Cl)ccc23)CC1.Cl. The Balaban J connectivity index is 0.00000256. The summed E-state index contributed by atoms with van der Waals surface area (Å²) in [5, 5.41) is 2.27. The van der Waals surface area contributed by atoms with Crippen LogP contribution in [0.15, 0.2) is 18.2 Å². The third-order valence-electron chi connectivity index (χ3n) is 5.89. The molecule has 1 aromatic carbocycles. The van der Waals surface area contributed by atoms with E-state index in [-0.39, 0.29) is 17.2 Å². The van der Waals surface area contributed by atoms with E-state index in [0.29, 0.717) is 11.3 Å². The number of thioether (sulfide) groups is 1. The Bertz CT molecular complexity index is 883. The van der Waals surface area contributed by atoms with Crippen LogP contribution in [0.25, 0.3) is 10.1 Å². The number of carbonyl (C=O) groups is 1. The van der Waals surface area contributed by atoms with Gasteiger partial charge in [-0.25, -0.2) is 0 Å². The fourth-order valence-electron chi connectivity index (χ4n) is 4.26. The van der Waals surface area contributed by atoms with Crippen LogP contribution in [0.4, 0.5) is 5.82 Å². The number of aromatic nitrogens is 1. The Hall–Kier alpha value is -0.730. The van der Waals surface area contributed by atoms with E-state index in [0.717, 1.165) is 67.7 Å². The normalized spacial score (nSPS) is 22.0. The van der Waals surface area contributed by atoms with Crippen LogP contribution >= 0.6 is 47.3 Å². The molecule has 1 amide bonds. The molecule has 9 heteroatoms. The second-order valence-electron chi connectivity index (χ2n) is 8.41. The van der Waals surface area contributed by atoms with Crippen LogP contribution in [0.1, 0.15) is 33.6 Å². The summed E-state index contributed by atoms with van der Waals surface area (Å²) in [4.78, 5) is 19.5. The molecule has 0 spiro atoms. The second-order valence-corrected chi connectivity index (χ2v) is 11.6. The molecule has 1 atom stereocenters. The Kier molecular flexibility index (Phi) is 7.83. The van der Waals surface area contributed by atoms with Crippen molar-refractivity contribution < 1.29 is 4.79 Å². The molecule has 2 aliphatic heterocycles. The Morgan fingerprint density at radius 2 is 1.87 bits per heavy atom. The number of rotatable bonds is 6. The first-order chi connectivity index (χ1) is 13.8. The summed E-state index contributed by atoms with van der Waals surface area (Å²) >= 11 is 9.40. The second kappa shape index (κ2) is 9.82. The number of amides is 1. The first-order valence-corrected chi connectivity index (χ1v) is 12.4. The van der Waals surface area contributed by atoms with E-state index in [1.807, 2.05) is 26.0 Å². The van der Waals surface area contributed by atoms with Crippen molar-refractivity contribution in [3.05, 3.63) is 23.2 Å². The van der Waals surface area contributed by atoms with Crippen LogP contribution in [-0.2, 0) is 4.79 Å². The Morgan fingerprint density at radius 1 is 1.17 bits per heavy atom. The van der Waals surface area contributed by atoms with Gasteiger partial charge in [0, 0.05) is 43.1 Å². The van der Waals surface area contributed by atoms with E-state index in [1.165, 1.54) is 16.9 Å². The molecule has 0 aliphatic carbocycles. The molecule has 4 rings (SSSR count). The molecule has 5 nitrogen and oxygen atoms in total. The highest BCUT2D eigenvalue weighted by Gasteiger charge is 2.43. The van der Waals surface area contributed by atoms with Crippen LogP contribution in [0.3, 0.4) is 0 Å². The summed E-state index contributed by atoms with van der Waals surface area (Å²) < 4.78 is 5.57. The van der Waals surface area contributed by atoms with Crippen molar-refractivity contribution in [2.75, 3.05) is 44.2 Å². The summed E-state index contributed by atoms with van der Waals surface area (Å²) in [6.45, 7) is 12.3. The van der Waals surface area contributed by atoms with E-state index >= 15 is 0 Å². The number of nitrogens with zero attached hydrogens (tertiary/aromatic N) is 4. The number of halogens is 2. The van der Waals surface area contributed by atoms with E-state index < -0.39 is 0 Å². The van der Waals surface area contributed by atoms with Gasteiger partial charge in [0.05, 0.1) is 14.8 Å². The summed E-state index contributed by atoms with van der Waals surface area (Å²) in [6, 6.07) is 6.03. The topological polar surface area (TPSA) is 39.7 Å². The minimum absolute atomic E-state index is 0. The molecule has 0 bridgehead atoms. The number of piperazine rings is 1. The van der Waals surface area contributed by atoms with Gasteiger partial charge in [-0.1, -0.05) is 11.6 Å². The quantitative estimate of drug-likeness (QED) is 0.536. The van der Waals surface area contributed by atoms with Crippen molar-refractivity contribution in [2.45, 2.75) is 43.7 Å². The van der Waals surface area contributed by atoms with Gasteiger partial charge in [0.25, 0.3) is 0 Å². The zero-order valence-corrected chi connectivity index (χ0v) is 21.0. The number of unbranched alkanes of at least 4 members (excludes halogenated alkanes) is 1. The van der Waals surface area contributed by atoms with Crippen LogP contribution in [0, 0.1) is 0 Å². The van der Waals surface area contributed by atoms with Crippen molar-refractivity contribution in [3.8, 4) is 0 Å². The van der Waals surface area contributed by atoms with Gasteiger partial charge in [0.15, 0.2) is 0 Å². The van der Waals surface area contributed by atoms with Crippen molar-refractivity contribution >= 4 is 69.1 Å². The number of hydrogen-bond acceptors (Lipinski definition) is 6. The van der Waals surface area contributed by atoms with E-state index in [2.05, 4.69) is 32.1 Å². The summed E-state index contributed by atoms with van der Waals surface area (Å²) in [6.07, 6.45) is 2.21. The largest absolute Gasteiger partial charge is 0.353 e. The Labute approximate surface area is 198 Å². The van der Waals surface area contributed by atoms with Crippen LogP contribution in [0.2, 0.25) is 5.02 Å². The standard InChI is InChI=1S/C21H29ClN4OS2.ClH/c1-15-26(20(27)21(2,3)28-15)9-5-4-8-24-10-12-25(13-11-24)19-17-7-6-16(22)14-18(17)29-23-19;/h6-7,14-15H,4-5,8-13H2,1-3H3;1H. The fourth-order valence-corrected chi connectivity index (χ4v) is 6.73. The van der Waals surface area contributed by atoms with Crippen molar-refractivity contribution in [3.63, 3.8) is 0 Å². The molecule has 2 saturated heterocycles. The number of fused-ring (bicyclic) bond motifs is 1. The van der Waals surface area contributed by atoms with Crippen LogP contribution in [-0.4, -0.2) is 69.5 Å². The highest BCUT2D eigenvalue weighted by molar-refractivity contribution is 8.02. The zero-order chi connectivity index (χ0) is 20.6. The maximum Gasteiger partial charge on any atom is 0.239 e. The molecule has 2 aliphatic rings. The van der Waals surface area contributed by atoms with Crippen LogP contribution < -0.4 is 4.90 Å². The lowest BCUT2D eigenvalue weighted by Crippen LogP contribution is -2.47. The van der Waals surface area contributed by atoms with Crippen molar-refractivity contribution in [1.29, 1.82) is 0 Å². The summed E-state index contributed by atoms with van der Waals surface area (Å²) in [5.41, 5.74) is 0. The third-order valence-corrected chi connectivity index (χ3v) is 8.28. The molecule has 30 heavy (non-hydrogen) atoms. The first-order valence-electron chi connectivity index (χ1n) is 10.4. The lowest BCUT2D eigenvalue weighted by atomic mass is 10.1. The van der Waals surface area contributed by atoms with E-state index in [1.54, 1.807) is 11.8 Å². The van der Waals surface area contributed by atoms with E-state index in [4.69, 9.17) is 11.6 Å². The molecule has 1 unspecified atom stereocenters. The molecule has 3 heterocycles. The lowest BCUT2D eigenvalue weighted by Gasteiger charge is -2.35. The average Bonchev–Trinajstić information content (AvgIpc) is 3.18. The highest BCUT2D eigenvalue weighted by atomic mass is 35.5. The molecule has 166 valence electrons. The third kappa shape index (κ3) is 5.01. The van der Waals surface area contributed by atoms with Gasteiger partial charge in [0.2, 0.25) is 5.91 Å². The minimum atomic E-state index is -0.263. The van der Waals surface area contributed by atoms with Gasteiger partial charge in [-0.3, -0.25) is 9.69 Å². The smallest absolute Gasteiger partial charge is 0.239 e. The zero-order valence-electron chi connectivity index (χ0n) is 17.8. The van der Waals surface area contributed by atoms with Crippen molar-refractivity contribution in [2.24, 2.45) is 0 Å². The molecule has 2 aromatic rings. The lowest BCUT2D eigenvalue weighted by molar-refractivity contribution is -0.131.